The molecule has 1 amide bonds. The molecule has 2 fully saturated rings. The van der Waals surface area contributed by atoms with Gasteiger partial charge in [0.1, 0.15) is 12.2 Å². The smallest absolute Gasteiger partial charge is 0.410 e. The van der Waals surface area contributed by atoms with Crippen molar-refractivity contribution in [2.45, 2.75) is 26.4 Å². The molecule has 1 unspecified atom stereocenters. The SMILES string of the molecule is Cc1cc(C)c2oc(=O)cc(CN3CCN4C(=O)OCC4C3)c2c1. The van der Waals surface area contributed by atoms with Crippen molar-refractivity contribution in [1.82, 2.24) is 9.80 Å². The molecule has 0 aliphatic carbocycles. The number of carbonyl (C=O) groups excluding carboxylic acids is 1. The zero-order valence-corrected chi connectivity index (χ0v) is 13.9. The van der Waals surface area contributed by atoms with E-state index in [1.54, 1.807) is 11.0 Å². The van der Waals surface area contributed by atoms with Gasteiger partial charge in [-0.05, 0) is 36.6 Å². The zero-order chi connectivity index (χ0) is 16.8. The van der Waals surface area contributed by atoms with Crippen LogP contribution in [0.3, 0.4) is 0 Å². The van der Waals surface area contributed by atoms with Gasteiger partial charge in [-0.3, -0.25) is 9.80 Å². The van der Waals surface area contributed by atoms with E-state index in [-0.39, 0.29) is 17.8 Å². The van der Waals surface area contributed by atoms with E-state index in [1.807, 2.05) is 19.9 Å². The maximum Gasteiger partial charge on any atom is 0.410 e. The van der Waals surface area contributed by atoms with Gasteiger partial charge in [-0.15, -0.1) is 0 Å². The number of ether oxygens (including phenoxy) is 1. The fourth-order valence-electron chi connectivity index (χ4n) is 3.75. The van der Waals surface area contributed by atoms with Crippen LogP contribution in [-0.4, -0.2) is 48.2 Å². The number of amides is 1. The molecule has 0 bridgehead atoms. The molecule has 3 heterocycles. The first kappa shape index (κ1) is 15.2. The monoisotopic (exact) mass is 328 g/mol. The van der Waals surface area contributed by atoms with Crippen molar-refractivity contribution in [1.29, 1.82) is 0 Å². The lowest BCUT2D eigenvalue weighted by Gasteiger charge is -2.35. The minimum absolute atomic E-state index is 0.112. The van der Waals surface area contributed by atoms with Crippen molar-refractivity contribution in [3.8, 4) is 0 Å². The Morgan fingerprint density at radius 3 is 2.83 bits per heavy atom. The standard InChI is InChI=1S/C18H20N2O4/c1-11-5-12(2)17-15(6-11)13(7-16(21)24-17)8-19-3-4-20-14(9-19)10-23-18(20)22/h5-7,14H,3-4,8-10H2,1-2H3. The molecular formula is C18H20N2O4. The summed E-state index contributed by atoms with van der Waals surface area (Å²) in [5.41, 5.74) is 3.45. The molecule has 24 heavy (non-hydrogen) atoms. The van der Waals surface area contributed by atoms with E-state index >= 15 is 0 Å². The Morgan fingerprint density at radius 1 is 1.17 bits per heavy atom. The molecule has 4 rings (SSSR count). The van der Waals surface area contributed by atoms with Crippen molar-refractivity contribution in [3.05, 3.63) is 45.3 Å². The van der Waals surface area contributed by atoms with Crippen LogP contribution in [0.25, 0.3) is 11.0 Å². The molecule has 6 heteroatoms. The van der Waals surface area contributed by atoms with Crippen LogP contribution in [0.15, 0.2) is 27.4 Å². The summed E-state index contributed by atoms with van der Waals surface area (Å²) in [5, 5.41) is 0.994. The molecule has 2 aliphatic heterocycles. The van der Waals surface area contributed by atoms with Gasteiger partial charge < -0.3 is 9.15 Å². The highest BCUT2D eigenvalue weighted by Crippen LogP contribution is 2.25. The normalized spacial score (nSPS) is 21.2. The van der Waals surface area contributed by atoms with E-state index in [9.17, 15) is 9.59 Å². The van der Waals surface area contributed by atoms with Crippen molar-refractivity contribution >= 4 is 17.1 Å². The van der Waals surface area contributed by atoms with Crippen LogP contribution < -0.4 is 5.63 Å². The number of hydrogen-bond acceptors (Lipinski definition) is 5. The minimum atomic E-state index is -0.317. The predicted octanol–water partition coefficient (Wildman–Crippen LogP) is 2.05. The van der Waals surface area contributed by atoms with E-state index in [0.29, 0.717) is 25.3 Å². The Morgan fingerprint density at radius 2 is 2.00 bits per heavy atom. The Bertz CT molecular complexity index is 873. The minimum Gasteiger partial charge on any atom is -0.447 e. The fraction of sp³-hybridized carbons (Fsp3) is 0.444. The number of benzene rings is 1. The summed E-state index contributed by atoms with van der Waals surface area (Å²) in [6, 6.07) is 5.79. The molecule has 1 atom stereocenters. The van der Waals surface area contributed by atoms with E-state index in [1.165, 1.54) is 0 Å². The van der Waals surface area contributed by atoms with Gasteiger partial charge in [0.15, 0.2) is 0 Å². The molecule has 1 aromatic heterocycles. The van der Waals surface area contributed by atoms with Crippen LogP contribution in [0, 0.1) is 13.8 Å². The third-order valence-electron chi connectivity index (χ3n) is 4.85. The average molecular weight is 328 g/mol. The number of hydrogen-bond donors (Lipinski definition) is 0. The first-order valence-corrected chi connectivity index (χ1v) is 8.21. The van der Waals surface area contributed by atoms with Crippen LogP contribution in [0.2, 0.25) is 0 Å². The van der Waals surface area contributed by atoms with E-state index in [4.69, 9.17) is 9.15 Å². The second kappa shape index (κ2) is 5.63. The number of aryl methyl sites for hydroxylation is 2. The first-order valence-electron chi connectivity index (χ1n) is 8.21. The molecular weight excluding hydrogens is 308 g/mol. The molecule has 1 aromatic carbocycles. The second-order valence-corrected chi connectivity index (χ2v) is 6.71. The molecule has 2 aromatic rings. The maximum atomic E-state index is 12.0. The van der Waals surface area contributed by atoms with Gasteiger partial charge in [-0.2, -0.15) is 0 Å². The van der Waals surface area contributed by atoms with Crippen molar-refractivity contribution in [3.63, 3.8) is 0 Å². The summed E-state index contributed by atoms with van der Waals surface area (Å²) < 4.78 is 10.5. The fourth-order valence-corrected chi connectivity index (χ4v) is 3.75. The van der Waals surface area contributed by atoms with Crippen molar-refractivity contribution in [2.24, 2.45) is 0 Å². The second-order valence-electron chi connectivity index (χ2n) is 6.71. The largest absolute Gasteiger partial charge is 0.447 e. The maximum absolute atomic E-state index is 12.0. The average Bonchev–Trinajstić information content (AvgIpc) is 2.89. The van der Waals surface area contributed by atoms with Gasteiger partial charge in [0, 0.05) is 37.6 Å². The number of nitrogens with zero attached hydrogens (tertiary/aromatic N) is 2. The van der Waals surface area contributed by atoms with E-state index in [0.717, 1.165) is 35.2 Å². The lowest BCUT2D eigenvalue weighted by Crippen LogP contribution is -2.51. The lowest BCUT2D eigenvalue weighted by atomic mass is 10.0. The van der Waals surface area contributed by atoms with Gasteiger partial charge in [-0.25, -0.2) is 9.59 Å². The Kier molecular flexibility index (Phi) is 3.57. The van der Waals surface area contributed by atoms with Crippen LogP contribution >= 0.6 is 0 Å². The molecule has 0 N–H and O–H groups in total. The van der Waals surface area contributed by atoms with Crippen LogP contribution in [-0.2, 0) is 11.3 Å². The predicted molar refractivity (Wildman–Crippen MR) is 89.1 cm³/mol. The van der Waals surface area contributed by atoms with Gasteiger partial charge in [-0.1, -0.05) is 6.07 Å². The number of piperazine rings is 1. The number of carbonyl (C=O) groups is 1. The Hall–Kier alpha value is -2.34. The van der Waals surface area contributed by atoms with Gasteiger partial charge in [0.2, 0.25) is 0 Å². The first-order chi connectivity index (χ1) is 11.5. The van der Waals surface area contributed by atoms with Crippen LogP contribution in [0.1, 0.15) is 16.7 Å². The Balaban J connectivity index is 1.65. The van der Waals surface area contributed by atoms with Gasteiger partial charge in [0.05, 0.1) is 6.04 Å². The molecule has 0 saturated carbocycles. The van der Waals surface area contributed by atoms with Gasteiger partial charge in [0.25, 0.3) is 0 Å². The quantitative estimate of drug-likeness (QED) is 0.790. The van der Waals surface area contributed by atoms with Crippen LogP contribution in [0.4, 0.5) is 4.79 Å². The molecule has 0 radical (unpaired) electrons. The molecule has 6 nitrogen and oxygen atoms in total. The van der Waals surface area contributed by atoms with E-state index < -0.39 is 0 Å². The molecule has 0 spiro atoms. The highest BCUT2D eigenvalue weighted by molar-refractivity contribution is 5.83. The zero-order valence-electron chi connectivity index (χ0n) is 13.9. The van der Waals surface area contributed by atoms with Crippen molar-refractivity contribution in [2.75, 3.05) is 26.2 Å². The molecule has 2 saturated heterocycles. The lowest BCUT2D eigenvalue weighted by molar-refractivity contribution is 0.115. The summed E-state index contributed by atoms with van der Waals surface area (Å²) in [4.78, 5) is 27.6. The topological polar surface area (TPSA) is 63.0 Å². The van der Waals surface area contributed by atoms with Crippen LogP contribution in [0.5, 0.6) is 0 Å². The van der Waals surface area contributed by atoms with Crippen molar-refractivity contribution < 1.29 is 13.9 Å². The summed E-state index contributed by atoms with van der Waals surface area (Å²) >= 11 is 0. The number of rotatable bonds is 2. The summed E-state index contributed by atoms with van der Waals surface area (Å²) in [6.07, 6.45) is -0.211. The van der Waals surface area contributed by atoms with E-state index in [2.05, 4.69) is 11.0 Å². The third kappa shape index (κ3) is 2.57. The highest BCUT2D eigenvalue weighted by Gasteiger charge is 2.37. The van der Waals surface area contributed by atoms with Gasteiger partial charge >= 0.3 is 11.7 Å². The number of cyclic esters (lactones) is 1. The summed E-state index contributed by atoms with van der Waals surface area (Å²) in [6.45, 7) is 7.33. The number of fused-ring (bicyclic) bond motifs is 2. The molecule has 2 aliphatic rings. The highest BCUT2D eigenvalue weighted by atomic mass is 16.6. The summed E-state index contributed by atoms with van der Waals surface area (Å²) in [5.74, 6) is 0. The third-order valence-corrected chi connectivity index (χ3v) is 4.85. The summed E-state index contributed by atoms with van der Waals surface area (Å²) in [7, 11) is 0. The molecule has 126 valence electrons. The Labute approximate surface area is 139 Å².